The fourth-order valence-corrected chi connectivity index (χ4v) is 1.54. The van der Waals surface area contributed by atoms with Crippen LogP contribution in [0.4, 0.5) is 5.69 Å². The first kappa shape index (κ1) is 10.2. The molecule has 0 unspecified atom stereocenters. The molecule has 1 aromatic heterocycles. The molecule has 4 nitrogen and oxygen atoms in total. The zero-order valence-corrected chi connectivity index (χ0v) is 8.80. The maximum Gasteiger partial charge on any atom is 0.212 e. The second-order valence-electron chi connectivity index (χ2n) is 3.55. The van der Waals surface area contributed by atoms with E-state index in [0.29, 0.717) is 5.82 Å². The lowest BCUT2D eigenvalue weighted by atomic mass is 10.1. The van der Waals surface area contributed by atoms with Gasteiger partial charge in [0.2, 0.25) is 5.82 Å². The summed E-state index contributed by atoms with van der Waals surface area (Å²) in [4.78, 5) is 3.94. The number of anilines is 1. The molecule has 2 aromatic rings. The summed E-state index contributed by atoms with van der Waals surface area (Å²) in [6, 6.07) is 9.82. The third kappa shape index (κ3) is 2.20. The smallest absolute Gasteiger partial charge is 0.212 e. The SMILES string of the molecule is N#Cc1nccn1CCc1ccc(N)cc1. The van der Waals surface area contributed by atoms with E-state index in [4.69, 9.17) is 11.0 Å². The maximum atomic E-state index is 8.79. The quantitative estimate of drug-likeness (QED) is 0.785. The number of benzene rings is 1. The Kier molecular flexibility index (Phi) is 2.88. The lowest BCUT2D eigenvalue weighted by Crippen LogP contribution is -2.03. The standard InChI is InChI=1S/C12H12N4/c13-9-12-15-6-8-16(12)7-5-10-1-3-11(14)4-2-10/h1-4,6,8H,5,7,14H2. The van der Waals surface area contributed by atoms with Crippen LogP contribution in [0.15, 0.2) is 36.7 Å². The lowest BCUT2D eigenvalue weighted by molar-refractivity contribution is 0.686. The Balaban J connectivity index is 2.03. The van der Waals surface area contributed by atoms with E-state index in [1.807, 2.05) is 35.0 Å². The monoisotopic (exact) mass is 212 g/mol. The molecule has 0 saturated heterocycles. The average Bonchev–Trinajstić information content (AvgIpc) is 2.76. The number of aryl methyl sites for hydroxylation is 2. The first-order valence-corrected chi connectivity index (χ1v) is 5.05. The first-order chi connectivity index (χ1) is 7.79. The van der Waals surface area contributed by atoms with Crippen molar-refractivity contribution >= 4 is 5.69 Å². The van der Waals surface area contributed by atoms with Gasteiger partial charge in [0.15, 0.2) is 0 Å². The number of nitriles is 1. The van der Waals surface area contributed by atoms with Crippen LogP contribution in [0.3, 0.4) is 0 Å². The molecular weight excluding hydrogens is 200 g/mol. The molecular formula is C12H12N4. The fraction of sp³-hybridized carbons (Fsp3) is 0.167. The van der Waals surface area contributed by atoms with E-state index < -0.39 is 0 Å². The molecule has 0 saturated carbocycles. The summed E-state index contributed by atoms with van der Waals surface area (Å²) < 4.78 is 1.84. The Morgan fingerprint density at radius 2 is 2.06 bits per heavy atom. The third-order valence-corrected chi connectivity index (χ3v) is 2.44. The summed E-state index contributed by atoms with van der Waals surface area (Å²) in [6.45, 7) is 0.757. The number of nitrogens with zero attached hydrogens (tertiary/aromatic N) is 3. The molecule has 0 bridgehead atoms. The van der Waals surface area contributed by atoms with E-state index in [1.165, 1.54) is 5.56 Å². The third-order valence-electron chi connectivity index (χ3n) is 2.44. The van der Waals surface area contributed by atoms with Crippen LogP contribution in [0.1, 0.15) is 11.4 Å². The zero-order valence-electron chi connectivity index (χ0n) is 8.80. The average molecular weight is 212 g/mol. The minimum Gasteiger partial charge on any atom is -0.399 e. The molecule has 0 atom stereocenters. The molecule has 16 heavy (non-hydrogen) atoms. The first-order valence-electron chi connectivity index (χ1n) is 5.05. The Labute approximate surface area is 94.0 Å². The molecule has 0 aliphatic rings. The van der Waals surface area contributed by atoms with Gasteiger partial charge in [0.25, 0.3) is 0 Å². The van der Waals surface area contributed by atoms with E-state index in [0.717, 1.165) is 18.7 Å². The molecule has 2 rings (SSSR count). The highest BCUT2D eigenvalue weighted by Crippen LogP contribution is 2.07. The molecule has 1 heterocycles. The summed E-state index contributed by atoms with van der Waals surface area (Å²) in [5.74, 6) is 0.454. The Hall–Kier alpha value is -2.28. The molecule has 0 aliphatic heterocycles. The number of rotatable bonds is 3. The number of aromatic nitrogens is 2. The Morgan fingerprint density at radius 3 is 2.75 bits per heavy atom. The fourth-order valence-electron chi connectivity index (χ4n) is 1.54. The summed E-state index contributed by atoms with van der Waals surface area (Å²) >= 11 is 0. The Morgan fingerprint density at radius 1 is 1.31 bits per heavy atom. The second-order valence-corrected chi connectivity index (χ2v) is 3.55. The maximum absolute atomic E-state index is 8.79. The van der Waals surface area contributed by atoms with Crippen LogP contribution in [0, 0.1) is 11.3 Å². The van der Waals surface area contributed by atoms with E-state index in [9.17, 15) is 0 Å². The van der Waals surface area contributed by atoms with Crippen molar-refractivity contribution < 1.29 is 0 Å². The molecule has 80 valence electrons. The number of hydrogen-bond acceptors (Lipinski definition) is 3. The van der Waals surface area contributed by atoms with E-state index in [-0.39, 0.29) is 0 Å². The summed E-state index contributed by atoms with van der Waals surface area (Å²) in [6.07, 6.45) is 4.32. The summed E-state index contributed by atoms with van der Waals surface area (Å²) in [7, 11) is 0. The van der Waals surface area contributed by atoms with Crippen molar-refractivity contribution in [2.45, 2.75) is 13.0 Å². The van der Waals surface area contributed by atoms with Gasteiger partial charge in [0.1, 0.15) is 6.07 Å². The van der Waals surface area contributed by atoms with Crippen molar-refractivity contribution in [1.29, 1.82) is 5.26 Å². The van der Waals surface area contributed by atoms with E-state index in [1.54, 1.807) is 6.20 Å². The van der Waals surface area contributed by atoms with Crippen LogP contribution in [-0.4, -0.2) is 9.55 Å². The van der Waals surface area contributed by atoms with Gasteiger partial charge in [-0.25, -0.2) is 4.98 Å². The molecule has 1 aromatic carbocycles. The normalized spacial score (nSPS) is 9.94. The van der Waals surface area contributed by atoms with E-state index in [2.05, 4.69) is 11.1 Å². The highest BCUT2D eigenvalue weighted by Gasteiger charge is 2.00. The van der Waals surface area contributed by atoms with Gasteiger partial charge >= 0.3 is 0 Å². The van der Waals surface area contributed by atoms with Crippen molar-refractivity contribution in [3.63, 3.8) is 0 Å². The van der Waals surface area contributed by atoms with Gasteiger partial charge in [0.05, 0.1) is 0 Å². The molecule has 0 fully saturated rings. The molecule has 0 spiro atoms. The van der Waals surface area contributed by atoms with Crippen LogP contribution in [0.5, 0.6) is 0 Å². The number of nitrogens with two attached hydrogens (primary N) is 1. The van der Waals surface area contributed by atoms with Gasteiger partial charge in [-0.15, -0.1) is 0 Å². The van der Waals surface area contributed by atoms with E-state index >= 15 is 0 Å². The van der Waals surface area contributed by atoms with Gasteiger partial charge in [0, 0.05) is 24.6 Å². The van der Waals surface area contributed by atoms with Crippen molar-refractivity contribution in [3.05, 3.63) is 48.0 Å². The summed E-state index contributed by atoms with van der Waals surface area (Å²) in [5.41, 5.74) is 7.57. The predicted octanol–water partition coefficient (Wildman–Crippen LogP) is 1.58. The minimum absolute atomic E-state index is 0.454. The van der Waals surface area contributed by atoms with Gasteiger partial charge in [-0.1, -0.05) is 12.1 Å². The number of hydrogen-bond donors (Lipinski definition) is 1. The molecule has 4 heteroatoms. The number of nitrogen functional groups attached to an aromatic ring is 1. The molecule has 0 aliphatic carbocycles. The van der Waals surface area contributed by atoms with Crippen LogP contribution in [-0.2, 0) is 13.0 Å². The van der Waals surface area contributed by atoms with Crippen LogP contribution < -0.4 is 5.73 Å². The van der Waals surface area contributed by atoms with Crippen LogP contribution >= 0.6 is 0 Å². The van der Waals surface area contributed by atoms with Crippen molar-refractivity contribution in [2.24, 2.45) is 0 Å². The predicted molar refractivity (Wildman–Crippen MR) is 61.5 cm³/mol. The topological polar surface area (TPSA) is 67.6 Å². The van der Waals surface area contributed by atoms with Gasteiger partial charge < -0.3 is 10.3 Å². The molecule has 2 N–H and O–H groups in total. The highest BCUT2D eigenvalue weighted by atomic mass is 15.1. The van der Waals surface area contributed by atoms with Gasteiger partial charge in [-0.2, -0.15) is 5.26 Å². The van der Waals surface area contributed by atoms with Crippen LogP contribution in [0.2, 0.25) is 0 Å². The van der Waals surface area contributed by atoms with Crippen molar-refractivity contribution in [2.75, 3.05) is 5.73 Å². The highest BCUT2D eigenvalue weighted by molar-refractivity contribution is 5.39. The number of imidazole rings is 1. The summed E-state index contributed by atoms with van der Waals surface area (Å²) in [5, 5.41) is 8.79. The second kappa shape index (κ2) is 4.49. The van der Waals surface area contributed by atoms with Crippen molar-refractivity contribution in [1.82, 2.24) is 9.55 Å². The van der Waals surface area contributed by atoms with Crippen LogP contribution in [0.25, 0.3) is 0 Å². The Bertz CT molecular complexity index is 505. The van der Waals surface area contributed by atoms with Gasteiger partial charge in [-0.3, -0.25) is 0 Å². The minimum atomic E-state index is 0.454. The van der Waals surface area contributed by atoms with Crippen molar-refractivity contribution in [3.8, 4) is 6.07 Å². The molecule has 0 amide bonds. The van der Waals surface area contributed by atoms with Gasteiger partial charge in [-0.05, 0) is 24.1 Å². The molecule has 0 radical (unpaired) electrons. The lowest BCUT2D eigenvalue weighted by Gasteiger charge is -2.04. The largest absolute Gasteiger partial charge is 0.399 e. The zero-order chi connectivity index (χ0) is 11.4.